The van der Waals surface area contributed by atoms with Crippen molar-refractivity contribution < 1.29 is 4.79 Å². The predicted octanol–water partition coefficient (Wildman–Crippen LogP) is 2.11. The second-order valence-electron chi connectivity index (χ2n) is 6.30. The molecule has 6 heteroatoms. The van der Waals surface area contributed by atoms with Gasteiger partial charge in [-0.25, -0.2) is 9.97 Å². The number of benzene rings is 1. The van der Waals surface area contributed by atoms with Crippen molar-refractivity contribution in [1.82, 2.24) is 20.2 Å². The fourth-order valence-electron chi connectivity index (χ4n) is 2.97. The van der Waals surface area contributed by atoms with Crippen LogP contribution in [0.2, 0.25) is 0 Å². The summed E-state index contributed by atoms with van der Waals surface area (Å²) in [6.07, 6.45) is 3.23. The van der Waals surface area contributed by atoms with Gasteiger partial charge in [-0.3, -0.25) is 4.79 Å². The first-order chi connectivity index (χ1) is 12.2. The van der Waals surface area contributed by atoms with Gasteiger partial charge in [0, 0.05) is 38.6 Å². The molecule has 1 atom stereocenters. The number of aromatic nitrogens is 2. The Bertz CT molecular complexity index is 681. The van der Waals surface area contributed by atoms with Gasteiger partial charge < -0.3 is 15.1 Å². The highest BCUT2D eigenvalue weighted by atomic mass is 16.1. The molecule has 1 N–H and O–H groups in total. The molecular weight excluding hydrogens is 314 g/mol. The molecule has 1 aliphatic heterocycles. The zero-order chi connectivity index (χ0) is 17.6. The van der Waals surface area contributed by atoms with Gasteiger partial charge in [0.05, 0.1) is 11.6 Å². The van der Waals surface area contributed by atoms with Crippen LogP contribution in [0.5, 0.6) is 0 Å². The van der Waals surface area contributed by atoms with Crippen molar-refractivity contribution in [2.45, 2.75) is 19.9 Å². The van der Waals surface area contributed by atoms with Gasteiger partial charge in [0.2, 0.25) is 5.95 Å². The van der Waals surface area contributed by atoms with Crippen LogP contribution in [-0.2, 0) is 0 Å². The van der Waals surface area contributed by atoms with Gasteiger partial charge in [-0.2, -0.15) is 0 Å². The molecule has 25 heavy (non-hydrogen) atoms. The molecule has 1 aliphatic rings. The van der Waals surface area contributed by atoms with Crippen LogP contribution in [0.25, 0.3) is 0 Å². The van der Waals surface area contributed by atoms with Crippen LogP contribution in [0.4, 0.5) is 5.95 Å². The van der Waals surface area contributed by atoms with Crippen molar-refractivity contribution in [2.24, 2.45) is 0 Å². The Kier molecular flexibility index (Phi) is 5.60. The van der Waals surface area contributed by atoms with Gasteiger partial charge in [-0.1, -0.05) is 37.3 Å². The van der Waals surface area contributed by atoms with E-state index in [0.29, 0.717) is 11.5 Å². The monoisotopic (exact) mass is 339 g/mol. The van der Waals surface area contributed by atoms with E-state index in [1.54, 1.807) is 12.4 Å². The van der Waals surface area contributed by atoms with Crippen molar-refractivity contribution in [2.75, 3.05) is 37.6 Å². The number of hydrogen-bond donors (Lipinski definition) is 1. The summed E-state index contributed by atoms with van der Waals surface area (Å²) in [6.45, 7) is 9.11. The average molecular weight is 339 g/mol. The normalized spacial score (nSPS) is 16.5. The second kappa shape index (κ2) is 8.07. The SMILES string of the molecule is CCN1CCN(c2ncc(C(=O)NC(C)c3ccccc3)cn2)CC1. The highest BCUT2D eigenvalue weighted by Crippen LogP contribution is 2.14. The van der Waals surface area contributed by atoms with E-state index in [1.165, 1.54) is 0 Å². The van der Waals surface area contributed by atoms with E-state index in [-0.39, 0.29) is 11.9 Å². The summed E-state index contributed by atoms with van der Waals surface area (Å²) in [7, 11) is 0. The number of hydrogen-bond acceptors (Lipinski definition) is 5. The van der Waals surface area contributed by atoms with Crippen LogP contribution in [-0.4, -0.2) is 53.5 Å². The van der Waals surface area contributed by atoms with Crippen LogP contribution >= 0.6 is 0 Å². The highest BCUT2D eigenvalue weighted by molar-refractivity contribution is 5.93. The molecule has 0 bridgehead atoms. The minimum absolute atomic E-state index is 0.0597. The molecule has 1 amide bonds. The van der Waals surface area contributed by atoms with Crippen molar-refractivity contribution in [3.63, 3.8) is 0 Å². The molecule has 1 fully saturated rings. The third-order valence-corrected chi connectivity index (χ3v) is 4.65. The lowest BCUT2D eigenvalue weighted by atomic mass is 10.1. The number of carbonyl (C=O) groups excluding carboxylic acids is 1. The number of amides is 1. The van der Waals surface area contributed by atoms with E-state index in [2.05, 4.69) is 32.0 Å². The minimum atomic E-state index is -0.154. The lowest BCUT2D eigenvalue weighted by molar-refractivity contribution is 0.0939. The third-order valence-electron chi connectivity index (χ3n) is 4.65. The molecule has 0 radical (unpaired) electrons. The molecule has 0 spiro atoms. The van der Waals surface area contributed by atoms with Gasteiger partial charge in [-0.05, 0) is 19.0 Å². The van der Waals surface area contributed by atoms with Crippen LogP contribution in [0.1, 0.15) is 35.8 Å². The first kappa shape index (κ1) is 17.4. The summed E-state index contributed by atoms with van der Waals surface area (Å²) < 4.78 is 0. The average Bonchev–Trinajstić information content (AvgIpc) is 2.69. The maximum Gasteiger partial charge on any atom is 0.254 e. The van der Waals surface area contributed by atoms with Gasteiger partial charge in [0.15, 0.2) is 0 Å². The van der Waals surface area contributed by atoms with Crippen LogP contribution in [0, 0.1) is 0 Å². The molecule has 1 saturated heterocycles. The van der Waals surface area contributed by atoms with E-state index in [1.807, 2.05) is 37.3 Å². The number of piperazine rings is 1. The number of nitrogens with zero attached hydrogens (tertiary/aromatic N) is 4. The summed E-state index contributed by atoms with van der Waals surface area (Å²) in [5.74, 6) is 0.544. The molecule has 1 unspecified atom stereocenters. The summed E-state index contributed by atoms with van der Waals surface area (Å²) in [4.78, 5) is 25.7. The van der Waals surface area contributed by atoms with Crippen LogP contribution in [0.3, 0.4) is 0 Å². The molecule has 0 saturated carbocycles. The quantitative estimate of drug-likeness (QED) is 0.904. The number of anilines is 1. The van der Waals surface area contributed by atoms with Crippen LogP contribution < -0.4 is 10.2 Å². The highest BCUT2D eigenvalue weighted by Gasteiger charge is 2.18. The Morgan fingerprint density at radius 3 is 2.36 bits per heavy atom. The summed E-state index contributed by atoms with van der Waals surface area (Å²) in [5, 5.41) is 2.99. The lowest BCUT2D eigenvalue weighted by Crippen LogP contribution is -2.46. The Morgan fingerprint density at radius 2 is 1.76 bits per heavy atom. The van der Waals surface area contributed by atoms with Crippen LogP contribution in [0.15, 0.2) is 42.7 Å². The van der Waals surface area contributed by atoms with E-state index in [9.17, 15) is 4.79 Å². The Balaban J connectivity index is 1.59. The third kappa shape index (κ3) is 4.33. The molecule has 3 rings (SSSR count). The Labute approximate surface area is 148 Å². The number of carbonyl (C=O) groups is 1. The number of nitrogens with one attached hydrogen (secondary N) is 1. The molecule has 2 heterocycles. The van der Waals surface area contributed by atoms with E-state index >= 15 is 0 Å². The first-order valence-corrected chi connectivity index (χ1v) is 8.82. The second-order valence-corrected chi connectivity index (χ2v) is 6.30. The van der Waals surface area contributed by atoms with Crippen molar-refractivity contribution in [3.8, 4) is 0 Å². The zero-order valence-corrected chi connectivity index (χ0v) is 14.9. The van der Waals surface area contributed by atoms with Crippen molar-refractivity contribution in [1.29, 1.82) is 0 Å². The summed E-state index contributed by atoms with van der Waals surface area (Å²) in [6, 6.07) is 9.84. The van der Waals surface area contributed by atoms with E-state index < -0.39 is 0 Å². The minimum Gasteiger partial charge on any atom is -0.345 e. The Hall–Kier alpha value is -2.47. The van der Waals surface area contributed by atoms with Gasteiger partial charge in [-0.15, -0.1) is 0 Å². The maximum absolute atomic E-state index is 12.4. The van der Waals surface area contributed by atoms with Gasteiger partial charge in [0.1, 0.15) is 0 Å². The lowest BCUT2D eigenvalue weighted by Gasteiger charge is -2.33. The fourth-order valence-corrected chi connectivity index (χ4v) is 2.97. The predicted molar refractivity (Wildman–Crippen MR) is 98.7 cm³/mol. The standard InChI is InChI=1S/C19H25N5O/c1-3-23-9-11-24(12-10-23)19-20-13-17(14-21-19)18(25)22-15(2)16-7-5-4-6-8-16/h4-8,13-15H,3,9-12H2,1-2H3,(H,22,25). The summed E-state index contributed by atoms with van der Waals surface area (Å²) >= 11 is 0. The topological polar surface area (TPSA) is 61.4 Å². The molecular formula is C19H25N5O. The maximum atomic E-state index is 12.4. The smallest absolute Gasteiger partial charge is 0.254 e. The first-order valence-electron chi connectivity index (χ1n) is 8.82. The van der Waals surface area contributed by atoms with Gasteiger partial charge >= 0.3 is 0 Å². The van der Waals surface area contributed by atoms with E-state index in [0.717, 1.165) is 38.3 Å². The fraction of sp³-hybridized carbons (Fsp3) is 0.421. The zero-order valence-electron chi connectivity index (χ0n) is 14.9. The molecule has 2 aromatic rings. The molecule has 1 aromatic heterocycles. The van der Waals surface area contributed by atoms with E-state index in [4.69, 9.17) is 0 Å². The molecule has 1 aromatic carbocycles. The van der Waals surface area contributed by atoms with Crippen molar-refractivity contribution >= 4 is 11.9 Å². The Morgan fingerprint density at radius 1 is 1.12 bits per heavy atom. The van der Waals surface area contributed by atoms with Crippen molar-refractivity contribution in [3.05, 3.63) is 53.9 Å². The van der Waals surface area contributed by atoms with Gasteiger partial charge in [0.25, 0.3) is 5.91 Å². The molecule has 6 nitrogen and oxygen atoms in total. The largest absolute Gasteiger partial charge is 0.345 e. The number of likely N-dealkylation sites (N-methyl/N-ethyl adjacent to an activating group) is 1. The number of rotatable bonds is 5. The summed E-state index contributed by atoms with van der Waals surface area (Å²) in [5.41, 5.74) is 1.56. The molecule has 132 valence electrons. The molecule has 0 aliphatic carbocycles.